The molecule has 0 aliphatic heterocycles. The number of rotatable bonds is 8. The van der Waals surface area contributed by atoms with Crippen molar-refractivity contribution in [3.63, 3.8) is 0 Å². The number of amides is 2. The zero-order valence-electron chi connectivity index (χ0n) is 13.8. The standard InChI is InChI=1S/C17H24N2O4/c1-4-12(2)16(19(3)15(21)10-14(18)20)17(22)23-11-13-8-6-5-7-9-13/h5-9,12,16H,4,10-11H2,1-3H3,(H2,18,20)/t12-,16-/m0/s1. The maximum atomic E-state index is 12.4. The van der Waals surface area contributed by atoms with Gasteiger partial charge in [-0.2, -0.15) is 0 Å². The van der Waals surface area contributed by atoms with E-state index < -0.39 is 30.2 Å². The summed E-state index contributed by atoms with van der Waals surface area (Å²) in [6, 6.07) is 8.57. The molecule has 0 aliphatic carbocycles. The maximum Gasteiger partial charge on any atom is 0.329 e. The second-order valence-electron chi connectivity index (χ2n) is 5.57. The lowest BCUT2D eigenvalue weighted by atomic mass is 9.97. The average Bonchev–Trinajstić information content (AvgIpc) is 2.53. The highest BCUT2D eigenvalue weighted by Crippen LogP contribution is 2.17. The molecule has 1 aromatic rings. The van der Waals surface area contributed by atoms with Gasteiger partial charge in [0.1, 0.15) is 19.1 Å². The van der Waals surface area contributed by atoms with Crippen LogP contribution in [-0.4, -0.2) is 35.8 Å². The minimum absolute atomic E-state index is 0.0971. The molecule has 2 amide bonds. The summed E-state index contributed by atoms with van der Waals surface area (Å²) in [5, 5.41) is 0. The summed E-state index contributed by atoms with van der Waals surface area (Å²) in [6.07, 6.45) is 0.273. The first kappa shape index (κ1) is 18.7. The van der Waals surface area contributed by atoms with Crippen LogP contribution in [-0.2, 0) is 25.7 Å². The highest BCUT2D eigenvalue weighted by molar-refractivity contribution is 5.97. The van der Waals surface area contributed by atoms with E-state index in [4.69, 9.17) is 10.5 Å². The molecule has 1 aromatic carbocycles. The third-order valence-electron chi connectivity index (χ3n) is 3.78. The molecule has 0 unspecified atom stereocenters. The lowest BCUT2D eigenvalue weighted by Gasteiger charge is -2.30. The fraction of sp³-hybridized carbons (Fsp3) is 0.471. The van der Waals surface area contributed by atoms with Crippen molar-refractivity contribution in [3.05, 3.63) is 35.9 Å². The van der Waals surface area contributed by atoms with Crippen molar-refractivity contribution in [1.82, 2.24) is 4.90 Å². The van der Waals surface area contributed by atoms with Gasteiger partial charge in [-0.15, -0.1) is 0 Å². The van der Waals surface area contributed by atoms with Crippen molar-refractivity contribution in [2.24, 2.45) is 11.7 Å². The molecule has 2 atom stereocenters. The predicted molar refractivity (Wildman–Crippen MR) is 86.1 cm³/mol. The monoisotopic (exact) mass is 320 g/mol. The second-order valence-corrected chi connectivity index (χ2v) is 5.57. The summed E-state index contributed by atoms with van der Waals surface area (Å²) < 4.78 is 5.34. The normalized spacial score (nSPS) is 13.0. The first-order chi connectivity index (χ1) is 10.9. The van der Waals surface area contributed by atoms with Crippen molar-refractivity contribution >= 4 is 17.8 Å². The Kier molecular flexibility index (Phi) is 7.25. The topological polar surface area (TPSA) is 89.7 Å². The molecule has 0 radical (unpaired) electrons. The van der Waals surface area contributed by atoms with Crippen LogP contribution in [0.15, 0.2) is 30.3 Å². The number of hydrogen-bond donors (Lipinski definition) is 1. The van der Waals surface area contributed by atoms with Gasteiger partial charge in [-0.3, -0.25) is 9.59 Å². The van der Waals surface area contributed by atoms with Crippen LogP contribution in [0.2, 0.25) is 0 Å². The summed E-state index contributed by atoms with van der Waals surface area (Å²) >= 11 is 0. The van der Waals surface area contributed by atoms with E-state index in [-0.39, 0.29) is 12.5 Å². The van der Waals surface area contributed by atoms with Crippen LogP contribution in [0.5, 0.6) is 0 Å². The van der Waals surface area contributed by atoms with E-state index in [0.717, 1.165) is 5.56 Å². The first-order valence-electron chi connectivity index (χ1n) is 7.61. The van der Waals surface area contributed by atoms with Gasteiger partial charge in [0.05, 0.1) is 0 Å². The van der Waals surface area contributed by atoms with Gasteiger partial charge < -0.3 is 15.4 Å². The van der Waals surface area contributed by atoms with Crippen LogP contribution >= 0.6 is 0 Å². The van der Waals surface area contributed by atoms with Crippen molar-refractivity contribution < 1.29 is 19.1 Å². The number of benzene rings is 1. The zero-order valence-corrected chi connectivity index (χ0v) is 13.8. The molecule has 6 heteroatoms. The largest absolute Gasteiger partial charge is 0.459 e. The Bertz CT molecular complexity index is 545. The zero-order chi connectivity index (χ0) is 17.4. The molecule has 0 saturated heterocycles. The molecular weight excluding hydrogens is 296 g/mol. The summed E-state index contributed by atoms with van der Waals surface area (Å²) in [7, 11) is 1.49. The molecule has 0 aliphatic rings. The van der Waals surface area contributed by atoms with E-state index in [1.54, 1.807) is 0 Å². The van der Waals surface area contributed by atoms with Gasteiger partial charge in [0.15, 0.2) is 0 Å². The van der Waals surface area contributed by atoms with E-state index >= 15 is 0 Å². The van der Waals surface area contributed by atoms with Crippen LogP contribution in [0.25, 0.3) is 0 Å². The third kappa shape index (κ3) is 5.73. The number of carbonyl (C=O) groups excluding carboxylic acids is 3. The SMILES string of the molecule is CC[C@H](C)[C@@H](C(=O)OCc1ccccc1)N(C)C(=O)CC(N)=O. The molecule has 0 heterocycles. The van der Waals surface area contributed by atoms with Gasteiger partial charge in [-0.05, 0) is 11.5 Å². The number of nitrogens with two attached hydrogens (primary N) is 1. The molecule has 2 N–H and O–H groups in total. The predicted octanol–water partition coefficient (Wildman–Crippen LogP) is 1.48. The fourth-order valence-corrected chi connectivity index (χ4v) is 2.24. The van der Waals surface area contributed by atoms with Crippen LogP contribution in [0.3, 0.4) is 0 Å². The second kappa shape index (κ2) is 8.92. The lowest BCUT2D eigenvalue weighted by molar-refractivity contribution is -0.158. The van der Waals surface area contributed by atoms with Crippen molar-refractivity contribution in [2.45, 2.75) is 39.3 Å². The summed E-state index contributed by atoms with van der Waals surface area (Å²) in [4.78, 5) is 36.6. The molecule has 0 aromatic heterocycles. The van der Waals surface area contributed by atoms with Gasteiger partial charge in [0, 0.05) is 7.05 Å². The van der Waals surface area contributed by atoms with Gasteiger partial charge in [0.25, 0.3) is 0 Å². The van der Waals surface area contributed by atoms with Gasteiger partial charge in [0.2, 0.25) is 11.8 Å². The van der Waals surface area contributed by atoms with Crippen LogP contribution in [0, 0.1) is 5.92 Å². The molecule has 1 rings (SSSR count). The van der Waals surface area contributed by atoms with Gasteiger partial charge in [-0.25, -0.2) is 4.79 Å². The highest BCUT2D eigenvalue weighted by atomic mass is 16.5. The van der Waals surface area contributed by atoms with Gasteiger partial charge >= 0.3 is 5.97 Å². The Labute approximate surface area is 136 Å². The quantitative estimate of drug-likeness (QED) is 0.580. The number of likely N-dealkylation sites (N-methyl/N-ethyl adjacent to an activating group) is 1. The Balaban J connectivity index is 2.78. The van der Waals surface area contributed by atoms with E-state index in [1.807, 2.05) is 44.2 Å². The Morgan fingerprint density at radius 3 is 2.35 bits per heavy atom. The minimum atomic E-state index is -0.740. The lowest BCUT2D eigenvalue weighted by Crippen LogP contribution is -2.47. The molecule has 0 spiro atoms. The van der Waals surface area contributed by atoms with E-state index in [2.05, 4.69) is 0 Å². The van der Waals surface area contributed by atoms with Gasteiger partial charge in [-0.1, -0.05) is 50.6 Å². The molecular formula is C17H24N2O4. The minimum Gasteiger partial charge on any atom is -0.459 e. The average molecular weight is 320 g/mol. The van der Waals surface area contributed by atoms with Crippen LogP contribution in [0.4, 0.5) is 0 Å². The Morgan fingerprint density at radius 2 is 1.83 bits per heavy atom. The number of carbonyl (C=O) groups is 3. The molecule has 6 nitrogen and oxygen atoms in total. The van der Waals surface area contributed by atoms with Crippen molar-refractivity contribution in [1.29, 1.82) is 0 Å². The maximum absolute atomic E-state index is 12.4. The number of ether oxygens (including phenoxy) is 1. The molecule has 0 saturated carbocycles. The number of primary amides is 1. The summed E-state index contributed by atoms with van der Waals surface area (Å²) in [5.41, 5.74) is 5.92. The van der Waals surface area contributed by atoms with Crippen LogP contribution in [0.1, 0.15) is 32.3 Å². The summed E-state index contributed by atoms with van der Waals surface area (Å²) in [5.74, 6) is -1.79. The van der Waals surface area contributed by atoms with Crippen molar-refractivity contribution in [2.75, 3.05) is 7.05 Å². The first-order valence-corrected chi connectivity index (χ1v) is 7.61. The fourth-order valence-electron chi connectivity index (χ4n) is 2.24. The van der Waals surface area contributed by atoms with E-state index in [0.29, 0.717) is 6.42 Å². The Morgan fingerprint density at radius 1 is 1.22 bits per heavy atom. The summed E-state index contributed by atoms with van der Waals surface area (Å²) in [6.45, 7) is 3.93. The number of hydrogen-bond acceptors (Lipinski definition) is 4. The molecule has 23 heavy (non-hydrogen) atoms. The van der Waals surface area contributed by atoms with E-state index in [9.17, 15) is 14.4 Å². The Hall–Kier alpha value is -2.37. The smallest absolute Gasteiger partial charge is 0.329 e. The third-order valence-corrected chi connectivity index (χ3v) is 3.78. The highest BCUT2D eigenvalue weighted by Gasteiger charge is 2.32. The number of nitrogens with zero attached hydrogens (tertiary/aromatic N) is 1. The van der Waals surface area contributed by atoms with Crippen molar-refractivity contribution in [3.8, 4) is 0 Å². The molecule has 126 valence electrons. The number of esters is 1. The molecule has 0 fully saturated rings. The van der Waals surface area contributed by atoms with E-state index in [1.165, 1.54) is 11.9 Å². The van der Waals surface area contributed by atoms with Crippen LogP contribution < -0.4 is 5.73 Å². The molecule has 0 bridgehead atoms.